The molecule has 0 aliphatic heterocycles. The van der Waals surface area contributed by atoms with E-state index in [1.54, 1.807) is 6.92 Å². The maximum atomic E-state index is 11.4. The molecule has 0 aliphatic carbocycles. The van der Waals surface area contributed by atoms with Crippen molar-refractivity contribution in [2.24, 2.45) is 5.73 Å². The number of unbranched alkanes of at least 4 members (excludes halogenated alkanes) is 1. The first-order chi connectivity index (χ1) is 8.79. The molecular formula is C14H25N3O2. The fourth-order valence-electron chi connectivity index (χ4n) is 2.09. The van der Waals surface area contributed by atoms with Gasteiger partial charge < -0.3 is 10.5 Å². The van der Waals surface area contributed by atoms with Gasteiger partial charge in [0.25, 0.3) is 0 Å². The van der Waals surface area contributed by atoms with E-state index < -0.39 is 5.54 Å². The smallest absolute Gasteiger partial charge is 0.325 e. The van der Waals surface area contributed by atoms with E-state index in [1.807, 2.05) is 11.6 Å². The van der Waals surface area contributed by atoms with Crippen molar-refractivity contribution < 1.29 is 9.53 Å². The first-order valence-corrected chi connectivity index (χ1v) is 6.67. The molecule has 0 bridgehead atoms. The van der Waals surface area contributed by atoms with Gasteiger partial charge in [-0.2, -0.15) is 5.10 Å². The predicted octanol–water partition coefficient (Wildman–Crippen LogP) is 1.87. The van der Waals surface area contributed by atoms with Crippen molar-refractivity contribution in [2.45, 2.75) is 59.0 Å². The number of aromatic nitrogens is 2. The summed E-state index contributed by atoms with van der Waals surface area (Å²) in [5.74, 6) is -0.352. The molecule has 1 atom stereocenters. The van der Waals surface area contributed by atoms with Crippen LogP contribution < -0.4 is 5.73 Å². The molecule has 1 aromatic heterocycles. The number of methoxy groups -OCH3 is 1. The van der Waals surface area contributed by atoms with E-state index in [1.165, 1.54) is 18.4 Å². The van der Waals surface area contributed by atoms with Gasteiger partial charge in [-0.05, 0) is 52.5 Å². The quantitative estimate of drug-likeness (QED) is 0.631. The minimum absolute atomic E-state index is 0.352. The lowest BCUT2D eigenvalue weighted by molar-refractivity contribution is -0.146. The van der Waals surface area contributed by atoms with Gasteiger partial charge in [0.15, 0.2) is 0 Å². The molecule has 5 nitrogen and oxygen atoms in total. The Balaban J connectivity index is 2.43. The second kappa shape index (κ2) is 6.19. The fourth-order valence-corrected chi connectivity index (χ4v) is 2.09. The molecule has 5 heteroatoms. The van der Waals surface area contributed by atoms with E-state index in [2.05, 4.69) is 23.7 Å². The average Bonchev–Trinajstić information content (AvgIpc) is 2.61. The van der Waals surface area contributed by atoms with Gasteiger partial charge in [-0.25, -0.2) is 0 Å². The van der Waals surface area contributed by atoms with E-state index in [0.29, 0.717) is 6.42 Å². The van der Waals surface area contributed by atoms with Crippen LogP contribution in [-0.4, -0.2) is 28.4 Å². The van der Waals surface area contributed by atoms with Gasteiger partial charge in [-0.15, -0.1) is 0 Å². The van der Waals surface area contributed by atoms with Gasteiger partial charge in [0, 0.05) is 12.2 Å². The number of ether oxygens (including phenoxy) is 1. The number of hydrogen-bond acceptors (Lipinski definition) is 4. The van der Waals surface area contributed by atoms with E-state index in [9.17, 15) is 4.79 Å². The molecule has 0 fully saturated rings. The highest BCUT2D eigenvalue weighted by Crippen LogP contribution is 2.15. The summed E-state index contributed by atoms with van der Waals surface area (Å²) in [5.41, 5.74) is 8.56. The molecule has 0 saturated heterocycles. The molecule has 0 spiro atoms. The Morgan fingerprint density at radius 3 is 2.47 bits per heavy atom. The molecule has 0 aliphatic rings. The van der Waals surface area contributed by atoms with Crippen LogP contribution in [0.2, 0.25) is 0 Å². The van der Waals surface area contributed by atoms with Gasteiger partial charge in [-0.3, -0.25) is 9.48 Å². The minimum Gasteiger partial charge on any atom is -0.468 e. The molecule has 1 aromatic rings. The second-order valence-corrected chi connectivity index (χ2v) is 5.39. The Morgan fingerprint density at radius 1 is 1.37 bits per heavy atom. The third-order valence-electron chi connectivity index (χ3n) is 3.71. The zero-order valence-corrected chi connectivity index (χ0v) is 12.6. The van der Waals surface area contributed by atoms with Crippen LogP contribution in [-0.2, 0) is 16.1 Å². The summed E-state index contributed by atoms with van der Waals surface area (Å²) >= 11 is 0. The van der Waals surface area contributed by atoms with Crippen molar-refractivity contribution in [2.75, 3.05) is 7.11 Å². The fraction of sp³-hybridized carbons (Fsp3) is 0.714. The molecule has 108 valence electrons. The van der Waals surface area contributed by atoms with Crippen molar-refractivity contribution in [3.63, 3.8) is 0 Å². The first kappa shape index (κ1) is 15.7. The van der Waals surface area contributed by atoms with Crippen LogP contribution in [0, 0.1) is 20.8 Å². The van der Waals surface area contributed by atoms with E-state index in [4.69, 9.17) is 5.73 Å². The second-order valence-electron chi connectivity index (χ2n) is 5.39. The summed E-state index contributed by atoms with van der Waals surface area (Å²) in [4.78, 5) is 11.4. The summed E-state index contributed by atoms with van der Waals surface area (Å²) in [6.45, 7) is 8.76. The van der Waals surface area contributed by atoms with Gasteiger partial charge in [-0.1, -0.05) is 0 Å². The van der Waals surface area contributed by atoms with E-state index in [0.717, 1.165) is 25.1 Å². The van der Waals surface area contributed by atoms with Crippen LogP contribution in [0.15, 0.2) is 0 Å². The lowest BCUT2D eigenvalue weighted by Gasteiger charge is -2.21. The molecule has 0 aromatic carbocycles. The highest BCUT2D eigenvalue weighted by Gasteiger charge is 2.28. The van der Waals surface area contributed by atoms with Crippen molar-refractivity contribution in [3.8, 4) is 0 Å². The standard InChI is InChI=1S/C14H25N3O2/c1-10-11(2)16-17(12(10)3)9-7-6-8-14(4,15)13(18)19-5/h6-9,15H2,1-5H3. The van der Waals surface area contributed by atoms with Gasteiger partial charge in [0.1, 0.15) is 5.54 Å². The highest BCUT2D eigenvalue weighted by molar-refractivity contribution is 5.79. The van der Waals surface area contributed by atoms with Crippen LogP contribution in [0.5, 0.6) is 0 Å². The van der Waals surface area contributed by atoms with Gasteiger partial charge in [0.2, 0.25) is 0 Å². The minimum atomic E-state index is -0.889. The van der Waals surface area contributed by atoms with Crippen LogP contribution >= 0.6 is 0 Å². The van der Waals surface area contributed by atoms with Crippen molar-refractivity contribution in [3.05, 3.63) is 17.0 Å². The monoisotopic (exact) mass is 267 g/mol. The van der Waals surface area contributed by atoms with Crippen LogP contribution in [0.4, 0.5) is 0 Å². The lowest BCUT2D eigenvalue weighted by atomic mass is 9.96. The summed E-state index contributed by atoms with van der Waals surface area (Å²) in [6, 6.07) is 0. The van der Waals surface area contributed by atoms with E-state index in [-0.39, 0.29) is 5.97 Å². The molecule has 1 unspecified atom stereocenters. The maximum absolute atomic E-state index is 11.4. The Hall–Kier alpha value is -1.36. The van der Waals surface area contributed by atoms with Crippen LogP contribution in [0.3, 0.4) is 0 Å². The predicted molar refractivity (Wildman–Crippen MR) is 74.9 cm³/mol. The Kier molecular flexibility index (Phi) is 5.11. The summed E-state index contributed by atoms with van der Waals surface area (Å²) in [7, 11) is 1.37. The lowest BCUT2D eigenvalue weighted by Crippen LogP contribution is -2.45. The van der Waals surface area contributed by atoms with Gasteiger partial charge in [0.05, 0.1) is 12.8 Å². The van der Waals surface area contributed by atoms with Crippen molar-refractivity contribution >= 4 is 5.97 Å². The number of rotatable bonds is 6. The Labute approximate surface area is 115 Å². The van der Waals surface area contributed by atoms with Crippen LogP contribution in [0.1, 0.15) is 43.1 Å². The van der Waals surface area contributed by atoms with Gasteiger partial charge >= 0.3 is 5.97 Å². The number of carbonyl (C=O) groups excluding carboxylic acids is 1. The normalized spacial score (nSPS) is 14.2. The maximum Gasteiger partial charge on any atom is 0.325 e. The highest BCUT2D eigenvalue weighted by atomic mass is 16.5. The third-order valence-corrected chi connectivity index (χ3v) is 3.71. The zero-order valence-electron chi connectivity index (χ0n) is 12.6. The zero-order chi connectivity index (χ0) is 14.6. The molecular weight excluding hydrogens is 242 g/mol. The largest absolute Gasteiger partial charge is 0.468 e. The average molecular weight is 267 g/mol. The first-order valence-electron chi connectivity index (χ1n) is 6.67. The third kappa shape index (κ3) is 3.80. The van der Waals surface area contributed by atoms with Crippen molar-refractivity contribution in [1.82, 2.24) is 9.78 Å². The number of hydrogen-bond donors (Lipinski definition) is 1. The van der Waals surface area contributed by atoms with E-state index >= 15 is 0 Å². The molecule has 0 amide bonds. The molecule has 1 heterocycles. The molecule has 0 saturated carbocycles. The van der Waals surface area contributed by atoms with Crippen LogP contribution in [0.25, 0.3) is 0 Å². The Morgan fingerprint density at radius 2 is 2.00 bits per heavy atom. The number of nitrogens with zero attached hydrogens (tertiary/aromatic N) is 2. The molecule has 1 rings (SSSR count). The number of esters is 1. The summed E-state index contributed by atoms with van der Waals surface area (Å²) in [5, 5.41) is 4.49. The molecule has 0 radical (unpaired) electrons. The topological polar surface area (TPSA) is 70.1 Å². The molecule has 19 heavy (non-hydrogen) atoms. The number of nitrogens with two attached hydrogens (primary N) is 1. The van der Waals surface area contributed by atoms with Crippen molar-refractivity contribution in [1.29, 1.82) is 0 Å². The Bertz CT molecular complexity index is 450. The summed E-state index contributed by atoms with van der Waals surface area (Å²) < 4.78 is 6.71. The number of carbonyl (C=O) groups is 1. The molecule has 2 N–H and O–H groups in total. The summed E-state index contributed by atoms with van der Waals surface area (Å²) in [6.07, 6.45) is 2.45. The number of aryl methyl sites for hydroxylation is 2. The SMILES string of the molecule is COC(=O)C(C)(N)CCCCn1nc(C)c(C)c1C.